The van der Waals surface area contributed by atoms with Crippen LogP contribution in [0.5, 0.6) is 0 Å². The predicted molar refractivity (Wildman–Crippen MR) is 78.7 cm³/mol. The van der Waals surface area contributed by atoms with Crippen molar-refractivity contribution < 1.29 is 9.18 Å². The average Bonchev–Trinajstić information content (AvgIpc) is 2.44. The first-order valence-electron chi connectivity index (χ1n) is 5.76. The van der Waals surface area contributed by atoms with Crippen molar-refractivity contribution in [1.82, 2.24) is 0 Å². The van der Waals surface area contributed by atoms with E-state index < -0.39 is 5.82 Å². The molecule has 0 saturated carbocycles. The third-order valence-electron chi connectivity index (χ3n) is 2.69. The van der Waals surface area contributed by atoms with E-state index in [9.17, 15) is 9.18 Å². The minimum atomic E-state index is -0.710. The van der Waals surface area contributed by atoms with E-state index in [-0.39, 0.29) is 16.0 Å². The molecule has 2 rings (SSSR count). The van der Waals surface area contributed by atoms with E-state index in [1.165, 1.54) is 12.1 Å². The number of nitrogens with two attached hydrogens (primary N) is 1. The van der Waals surface area contributed by atoms with E-state index >= 15 is 0 Å². The maximum Gasteiger partial charge on any atom is 0.255 e. The van der Waals surface area contributed by atoms with Gasteiger partial charge >= 0.3 is 0 Å². The van der Waals surface area contributed by atoms with Gasteiger partial charge in [0.05, 0.1) is 10.0 Å². The summed E-state index contributed by atoms with van der Waals surface area (Å²) in [5.41, 5.74) is 7.19. The third kappa shape index (κ3) is 3.28. The zero-order valence-corrected chi connectivity index (χ0v) is 11.8. The molecule has 0 aliphatic rings. The Morgan fingerprint density at radius 2 is 1.70 bits per heavy atom. The standard InChI is InChI=1S/C14H11Cl2FN2O/c15-11-5-10(6-12(16)13(11)17)19-14(20)9-3-1-8(7-18)2-4-9/h1-6H,7,18H2,(H,19,20). The van der Waals surface area contributed by atoms with Gasteiger partial charge in [-0.15, -0.1) is 0 Å². The lowest BCUT2D eigenvalue weighted by atomic mass is 10.1. The first-order valence-corrected chi connectivity index (χ1v) is 6.51. The maximum atomic E-state index is 13.3. The lowest BCUT2D eigenvalue weighted by Crippen LogP contribution is -2.12. The molecular weight excluding hydrogens is 302 g/mol. The van der Waals surface area contributed by atoms with Crippen LogP contribution in [0, 0.1) is 5.82 Å². The van der Waals surface area contributed by atoms with Crippen molar-refractivity contribution in [3.63, 3.8) is 0 Å². The Morgan fingerprint density at radius 1 is 1.15 bits per heavy atom. The highest BCUT2D eigenvalue weighted by molar-refractivity contribution is 6.35. The molecule has 2 aromatic rings. The number of amides is 1. The van der Waals surface area contributed by atoms with Crippen molar-refractivity contribution in [3.05, 3.63) is 63.4 Å². The summed E-state index contributed by atoms with van der Waals surface area (Å²) in [6.45, 7) is 0.408. The molecule has 0 fully saturated rings. The minimum Gasteiger partial charge on any atom is -0.326 e. The fourth-order valence-corrected chi connectivity index (χ4v) is 2.11. The number of rotatable bonds is 3. The summed E-state index contributed by atoms with van der Waals surface area (Å²) in [5.74, 6) is -1.05. The molecule has 104 valence electrons. The molecule has 0 unspecified atom stereocenters. The molecular formula is C14H11Cl2FN2O. The molecule has 2 aromatic carbocycles. The molecule has 0 atom stereocenters. The zero-order chi connectivity index (χ0) is 14.7. The van der Waals surface area contributed by atoms with Gasteiger partial charge in [0.25, 0.3) is 5.91 Å². The van der Waals surface area contributed by atoms with Gasteiger partial charge in [0.2, 0.25) is 0 Å². The summed E-state index contributed by atoms with van der Waals surface area (Å²) in [5, 5.41) is 2.30. The van der Waals surface area contributed by atoms with Gasteiger partial charge in [-0.25, -0.2) is 4.39 Å². The van der Waals surface area contributed by atoms with Gasteiger partial charge in [0.1, 0.15) is 0 Å². The van der Waals surface area contributed by atoms with Gasteiger partial charge in [-0.05, 0) is 29.8 Å². The average molecular weight is 313 g/mol. The molecule has 0 radical (unpaired) electrons. The number of nitrogens with one attached hydrogen (secondary N) is 1. The second kappa shape index (κ2) is 6.22. The van der Waals surface area contributed by atoms with Crippen LogP contribution in [0.3, 0.4) is 0 Å². The first kappa shape index (κ1) is 14.8. The molecule has 1 amide bonds. The van der Waals surface area contributed by atoms with Crippen LogP contribution in [0.25, 0.3) is 0 Å². The zero-order valence-electron chi connectivity index (χ0n) is 10.3. The van der Waals surface area contributed by atoms with Crippen molar-refractivity contribution in [1.29, 1.82) is 0 Å². The molecule has 0 aromatic heterocycles. The van der Waals surface area contributed by atoms with Gasteiger partial charge in [-0.1, -0.05) is 35.3 Å². The van der Waals surface area contributed by atoms with Crippen molar-refractivity contribution in [2.45, 2.75) is 6.54 Å². The summed E-state index contributed by atoms with van der Waals surface area (Å²) >= 11 is 11.3. The summed E-state index contributed by atoms with van der Waals surface area (Å²) in [6, 6.07) is 9.44. The molecule has 0 aliphatic heterocycles. The van der Waals surface area contributed by atoms with Crippen molar-refractivity contribution in [2.75, 3.05) is 5.32 Å². The number of hydrogen-bond acceptors (Lipinski definition) is 2. The van der Waals surface area contributed by atoms with E-state index in [1.807, 2.05) is 0 Å². The van der Waals surface area contributed by atoms with Crippen LogP contribution in [0.4, 0.5) is 10.1 Å². The highest BCUT2D eigenvalue weighted by Crippen LogP contribution is 2.27. The molecule has 0 saturated heterocycles. The molecule has 0 heterocycles. The number of hydrogen-bond donors (Lipinski definition) is 2. The second-order valence-corrected chi connectivity index (χ2v) is 4.92. The monoisotopic (exact) mass is 312 g/mol. The van der Waals surface area contributed by atoms with Crippen molar-refractivity contribution >= 4 is 34.8 Å². The van der Waals surface area contributed by atoms with Gasteiger partial charge in [-0.2, -0.15) is 0 Å². The Labute approximate surface area is 125 Å². The summed E-state index contributed by atoms with van der Waals surface area (Å²) in [6.07, 6.45) is 0. The van der Waals surface area contributed by atoms with Crippen LogP contribution in [0.1, 0.15) is 15.9 Å². The Bertz CT molecular complexity index is 621. The Balaban J connectivity index is 2.18. The number of benzene rings is 2. The van der Waals surface area contributed by atoms with Gasteiger partial charge in [0.15, 0.2) is 5.82 Å². The molecule has 0 bridgehead atoms. The van der Waals surface area contributed by atoms with Gasteiger partial charge in [-0.3, -0.25) is 4.79 Å². The van der Waals surface area contributed by atoms with Crippen molar-refractivity contribution in [3.8, 4) is 0 Å². The van der Waals surface area contributed by atoms with Crippen LogP contribution >= 0.6 is 23.2 Å². The molecule has 6 heteroatoms. The molecule has 3 N–H and O–H groups in total. The molecule has 0 aliphatic carbocycles. The van der Waals surface area contributed by atoms with Crippen LogP contribution < -0.4 is 11.1 Å². The smallest absolute Gasteiger partial charge is 0.255 e. The minimum absolute atomic E-state index is 0.147. The topological polar surface area (TPSA) is 55.1 Å². The number of carbonyl (C=O) groups is 1. The lowest BCUT2D eigenvalue weighted by Gasteiger charge is -2.07. The number of anilines is 1. The Morgan fingerprint density at radius 3 is 2.20 bits per heavy atom. The highest BCUT2D eigenvalue weighted by Gasteiger charge is 2.11. The maximum absolute atomic E-state index is 13.3. The third-order valence-corrected chi connectivity index (χ3v) is 3.24. The van der Waals surface area contributed by atoms with E-state index in [0.717, 1.165) is 5.56 Å². The quantitative estimate of drug-likeness (QED) is 0.846. The predicted octanol–water partition coefficient (Wildman–Crippen LogP) is 3.84. The Kier molecular flexibility index (Phi) is 4.60. The molecule has 20 heavy (non-hydrogen) atoms. The number of carbonyl (C=O) groups excluding carboxylic acids is 1. The van der Waals surface area contributed by atoms with E-state index in [0.29, 0.717) is 17.8 Å². The fraction of sp³-hybridized carbons (Fsp3) is 0.0714. The van der Waals surface area contributed by atoms with Crippen molar-refractivity contribution in [2.24, 2.45) is 5.73 Å². The van der Waals surface area contributed by atoms with Crippen LogP contribution in [0.15, 0.2) is 36.4 Å². The van der Waals surface area contributed by atoms with E-state index in [1.54, 1.807) is 24.3 Å². The summed E-state index contributed by atoms with van der Waals surface area (Å²) in [7, 11) is 0. The summed E-state index contributed by atoms with van der Waals surface area (Å²) < 4.78 is 13.3. The highest BCUT2D eigenvalue weighted by atomic mass is 35.5. The summed E-state index contributed by atoms with van der Waals surface area (Å²) in [4.78, 5) is 12.0. The SMILES string of the molecule is NCc1ccc(C(=O)Nc2cc(Cl)c(F)c(Cl)c2)cc1. The van der Waals surface area contributed by atoms with Crippen LogP contribution in [-0.2, 0) is 6.54 Å². The molecule has 0 spiro atoms. The van der Waals surface area contributed by atoms with E-state index in [4.69, 9.17) is 28.9 Å². The fourth-order valence-electron chi connectivity index (χ4n) is 1.62. The normalized spacial score (nSPS) is 10.4. The first-order chi connectivity index (χ1) is 9.51. The van der Waals surface area contributed by atoms with Crippen LogP contribution in [0.2, 0.25) is 10.0 Å². The largest absolute Gasteiger partial charge is 0.326 e. The van der Waals surface area contributed by atoms with Gasteiger partial charge < -0.3 is 11.1 Å². The van der Waals surface area contributed by atoms with Crippen LogP contribution in [-0.4, -0.2) is 5.91 Å². The Hall–Kier alpha value is -1.62. The molecule has 3 nitrogen and oxygen atoms in total. The number of halogens is 3. The second-order valence-electron chi connectivity index (χ2n) is 4.11. The van der Waals surface area contributed by atoms with Gasteiger partial charge in [0, 0.05) is 17.8 Å². The van der Waals surface area contributed by atoms with E-state index in [2.05, 4.69) is 5.32 Å². The lowest BCUT2D eigenvalue weighted by molar-refractivity contribution is 0.102.